The van der Waals surface area contributed by atoms with E-state index in [1.165, 1.54) is 6.92 Å². The molecule has 7 nitrogen and oxygen atoms in total. The standard InChI is InChI=1S/C11H18O7/c1-6-8(12)16-11(5,17-9(13)14)7-15-18-10(2,3)4/h6H,1,7H2,2-5H3,(H,13,14). The summed E-state index contributed by atoms with van der Waals surface area (Å²) < 4.78 is 9.19. The van der Waals surface area contributed by atoms with E-state index in [1.54, 1.807) is 20.8 Å². The second-order valence-electron chi connectivity index (χ2n) is 4.58. The van der Waals surface area contributed by atoms with E-state index in [0.29, 0.717) is 0 Å². The SMILES string of the molecule is C=CC(=O)OC(C)(COOC(C)(C)C)OC(=O)O. The summed E-state index contributed by atoms with van der Waals surface area (Å²) in [5, 5.41) is 8.56. The smallest absolute Gasteiger partial charge is 0.450 e. The van der Waals surface area contributed by atoms with Crippen LogP contribution in [0.15, 0.2) is 12.7 Å². The van der Waals surface area contributed by atoms with E-state index in [9.17, 15) is 9.59 Å². The third-order valence-corrected chi connectivity index (χ3v) is 1.42. The van der Waals surface area contributed by atoms with Gasteiger partial charge < -0.3 is 14.6 Å². The van der Waals surface area contributed by atoms with Gasteiger partial charge in [0.15, 0.2) is 6.61 Å². The predicted molar refractivity (Wildman–Crippen MR) is 60.6 cm³/mol. The fourth-order valence-electron chi connectivity index (χ4n) is 0.832. The highest BCUT2D eigenvalue weighted by Gasteiger charge is 2.34. The monoisotopic (exact) mass is 262 g/mol. The van der Waals surface area contributed by atoms with Crippen molar-refractivity contribution >= 4 is 12.1 Å². The molecular weight excluding hydrogens is 244 g/mol. The van der Waals surface area contributed by atoms with Gasteiger partial charge in [-0.1, -0.05) is 6.58 Å². The van der Waals surface area contributed by atoms with Gasteiger partial charge in [0.1, 0.15) is 0 Å². The predicted octanol–water partition coefficient (Wildman–Crippen LogP) is 1.87. The zero-order valence-corrected chi connectivity index (χ0v) is 10.9. The zero-order valence-electron chi connectivity index (χ0n) is 10.9. The molecule has 0 radical (unpaired) electrons. The van der Waals surface area contributed by atoms with Gasteiger partial charge in [-0.15, -0.1) is 0 Å². The number of hydrogen-bond donors (Lipinski definition) is 1. The van der Waals surface area contributed by atoms with Crippen LogP contribution in [0.25, 0.3) is 0 Å². The number of rotatable bonds is 6. The van der Waals surface area contributed by atoms with E-state index in [0.717, 1.165) is 6.08 Å². The topological polar surface area (TPSA) is 91.3 Å². The van der Waals surface area contributed by atoms with Crippen molar-refractivity contribution in [3.05, 3.63) is 12.7 Å². The third-order valence-electron chi connectivity index (χ3n) is 1.42. The van der Waals surface area contributed by atoms with Gasteiger partial charge >= 0.3 is 12.1 Å². The molecular formula is C11H18O7. The van der Waals surface area contributed by atoms with Crippen molar-refractivity contribution in [3.63, 3.8) is 0 Å². The quantitative estimate of drug-likeness (QED) is 0.257. The van der Waals surface area contributed by atoms with E-state index in [-0.39, 0.29) is 0 Å². The molecule has 1 N–H and O–H groups in total. The van der Waals surface area contributed by atoms with Crippen molar-refractivity contribution in [1.29, 1.82) is 0 Å². The summed E-state index contributed by atoms with van der Waals surface area (Å²) in [5.74, 6) is -2.64. The Morgan fingerprint density at radius 3 is 2.17 bits per heavy atom. The van der Waals surface area contributed by atoms with Crippen molar-refractivity contribution in [1.82, 2.24) is 0 Å². The van der Waals surface area contributed by atoms with Crippen LogP contribution in [0, 0.1) is 0 Å². The molecule has 1 atom stereocenters. The second kappa shape index (κ2) is 6.36. The van der Waals surface area contributed by atoms with Crippen molar-refractivity contribution in [2.24, 2.45) is 0 Å². The van der Waals surface area contributed by atoms with Crippen LogP contribution in [0.2, 0.25) is 0 Å². The van der Waals surface area contributed by atoms with Gasteiger partial charge in [-0.2, -0.15) is 0 Å². The molecule has 0 heterocycles. The Morgan fingerprint density at radius 2 is 1.78 bits per heavy atom. The number of carboxylic acid groups (broad SMARTS) is 1. The first-order valence-corrected chi connectivity index (χ1v) is 5.16. The fourth-order valence-corrected chi connectivity index (χ4v) is 0.832. The molecule has 0 bridgehead atoms. The molecule has 0 aromatic carbocycles. The Morgan fingerprint density at radius 1 is 1.22 bits per heavy atom. The van der Waals surface area contributed by atoms with Crippen molar-refractivity contribution in [3.8, 4) is 0 Å². The Kier molecular flexibility index (Phi) is 5.80. The summed E-state index contributed by atoms with van der Waals surface area (Å²) in [7, 11) is 0. The molecule has 18 heavy (non-hydrogen) atoms. The van der Waals surface area contributed by atoms with E-state index < -0.39 is 30.1 Å². The molecule has 0 aliphatic rings. The largest absolute Gasteiger partial charge is 0.509 e. The van der Waals surface area contributed by atoms with Crippen LogP contribution < -0.4 is 0 Å². The van der Waals surface area contributed by atoms with Gasteiger partial charge in [-0.05, 0) is 20.8 Å². The lowest BCUT2D eigenvalue weighted by Gasteiger charge is -2.27. The number of ether oxygens (including phenoxy) is 2. The minimum atomic E-state index is -1.80. The Labute approximate surface area is 105 Å². The molecule has 0 saturated carbocycles. The van der Waals surface area contributed by atoms with Gasteiger partial charge in [0.25, 0.3) is 5.79 Å². The highest BCUT2D eigenvalue weighted by Crippen LogP contribution is 2.16. The maximum absolute atomic E-state index is 11.1. The van der Waals surface area contributed by atoms with Crippen LogP contribution in [0.1, 0.15) is 27.7 Å². The summed E-state index contributed by atoms with van der Waals surface area (Å²) in [4.78, 5) is 31.3. The molecule has 0 aliphatic heterocycles. The average Bonchev–Trinajstić information content (AvgIpc) is 2.13. The third kappa shape index (κ3) is 7.64. The molecule has 0 aliphatic carbocycles. The second-order valence-corrected chi connectivity index (χ2v) is 4.58. The van der Waals surface area contributed by atoms with E-state index in [4.69, 9.17) is 19.6 Å². The van der Waals surface area contributed by atoms with E-state index in [1.807, 2.05) is 0 Å². The normalized spacial score (nSPS) is 14.4. The van der Waals surface area contributed by atoms with E-state index in [2.05, 4.69) is 11.3 Å². The number of esters is 1. The lowest BCUT2D eigenvalue weighted by atomic mass is 10.2. The summed E-state index contributed by atoms with van der Waals surface area (Å²) in [5.41, 5.74) is -0.591. The van der Waals surface area contributed by atoms with Crippen molar-refractivity contribution < 1.29 is 33.9 Å². The summed E-state index contributed by atoms with van der Waals surface area (Å²) in [6.07, 6.45) is -0.720. The molecule has 0 amide bonds. The first-order valence-electron chi connectivity index (χ1n) is 5.16. The highest BCUT2D eigenvalue weighted by molar-refractivity contribution is 5.81. The highest BCUT2D eigenvalue weighted by atomic mass is 17.2. The molecule has 0 aromatic heterocycles. The molecule has 0 spiro atoms. The van der Waals surface area contributed by atoms with Crippen molar-refractivity contribution in [2.75, 3.05) is 6.61 Å². The molecule has 104 valence electrons. The van der Waals surface area contributed by atoms with Crippen LogP contribution >= 0.6 is 0 Å². The lowest BCUT2D eigenvalue weighted by molar-refractivity contribution is -0.379. The van der Waals surface area contributed by atoms with E-state index >= 15 is 0 Å². The van der Waals surface area contributed by atoms with Crippen LogP contribution in [0.5, 0.6) is 0 Å². The van der Waals surface area contributed by atoms with Gasteiger partial charge in [0.05, 0.1) is 5.60 Å². The Hall–Kier alpha value is -1.60. The van der Waals surface area contributed by atoms with Gasteiger partial charge in [0, 0.05) is 13.0 Å². The lowest BCUT2D eigenvalue weighted by Crippen LogP contribution is -2.41. The zero-order chi connectivity index (χ0) is 14.4. The fraction of sp³-hybridized carbons (Fsp3) is 0.636. The van der Waals surface area contributed by atoms with Crippen molar-refractivity contribution in [2.45, 2.75) is 39.1 Å². The first-order chi connectivity index (χ1) is 8.08. The number of carbonyl (C=O) groups excluding carboxylic acids is 1. The molecule has 1 unspecified atom stereocenters. The average molecular weight is 262 g/mol. The minimum absolute atomic E-state index is 0.407. The summed E-state index contributed by atoms with van der Waals surface area (Å²) in [6.45, 7) is 9.22. The molecule has 7 heteroatoms. The first kappa shape index (κ1) is 16.4. The maximum Gasteiger partial charge on any atom is 0.509 e. The van der Waals surface area contributed by atoms with Crippen LogP contribution in [0.4, 0.5) is 4.79 Å². The summed E-state index contributed by atoms with van der Waals surface area (Å²) in [6, 6.07) is 0. The van der Waals surface area contributed by atoms with Gasteiger partial charge in [-0.3, -0.25) is 0 Å². The molecule has 0 saturated heterocycles. The van der Waals surface area contributed by atoms with Gasteiger partial charge in [0.2, 0.25) is 0 Å². The Balaban J connectivity index is 4.51. The number of carbonyl (C=O) groups is 2. The van der Waals surface area contributed by atoms with Crippen LogP contribution in [-0.2, 0) is 24.0 Å². The minimum Gasteiger partial charge on any atom is -0.450 e. The van der Waals surface area contributed by atoms with Crippen LogP contribution in [0.3, 0.4) is 0 Å². The molecule has 0 fully saturated rings. The summed E-state index contributed by atoms with van der Waals surface area (Å²) >= 11 is 0. The van der Waals surface area contributed by atoms with Gasteiger partial charge in [-0.25, -0.2) is 19.4 Å². The Bertz CT molecular complexity index is 318. The van der Waals surface area contributed by atoms with Crippen LogP contribution in [-0.4, -0.2) is 35.2 Å². The number of hydrogen-bond acceptors (Lipinski definition) is 6. The molecule has 0 rings (SSSR count). The maximum atomic E-state index is 11.1. The molecule has 0 aromatic rings.